The first-order chi connectivity index (χ1) is 10.1. The lowest BCUT2D eigenvalue weighted by Crippen LogP contribution is -2.44. The Kier molecular flexibility index (Phi) is 3.64. The average molecular weight is 284 g/mol. The number of rotatable bonds is 2. The first kappa shape index (κ1) is 13.7. The normalized spacial score (nSPS) is 16.1. The van der Waals surface area contributed by atoms with Crippen molar-refractivity contribution in [3.8, 4) is 0 Å². The van der Waals surface area contributed by atoms with Gasteiger partial charge in [0.1, 0.15) is 0 Å². The number of nitrogens with two attached hydrogens (primary N) is 1. The average Bonchev–Trinajstić information content (AvgIpc) is 2.48. The van der Waals surface area contributed by atoms with Crippen molar-refractivity contribution in [3.63, 3.8) is 0 Å². The lowest BCUT2D eigenvalue weighted by atomic mass is 10.0. The van der Waals surface area contributed by atoms with Crippen LogP contribution in [0.5, 0.6) is 0 Å². The second-order valence-corrected chi connectivity index (χ2v) is 5.54. The molecule has 2 aromatic rings. The number of anilines is 2. The highest BCUT2D eigenvalue weighted by Crippen LogP contribution is 2.31. The van der Waals surface area contributed by atoms with Gasteiger partial charge >= 0.3 is 0 Å². The van der Waals surface area contributed by atoms with Crippen molar-refractivity contribution < 1.29 is 4.79 Å². The molecule has 1 aromatic heterocycles. The summed E-state index contributed by atoms with van der Waals surface area (Å²) < 4.78 is 0. The van der Waals surface area contributed by atoms with E-state index in [0.29, 0.717) is 5.69 Å². The topological polar surface area (TPSA) is 71.2 Å². The monoisotopic (exact) mass is 284 g/mol. The van der Waals surface area contributed by atoms with E-state index < -0.39 is 0 Å². The summed E-state index contributed by atoms with van der Waals surface area (Å²) in [7, 11) is 0. The molecule has 0 bridgehead atoms. The van der Waals surface area contributed by atoms with Crippen molar-refractivity contribution in [2.45, 2.75) is 25.8 Å². The molecular weight excluding hydrogens is 264 g/mol. The Labute approximate surface area is 124 Å². The number of fused-ring (bicyclic) bond motifs is 1. The minimum atomic E-state index is 0.0515. The van der Waals surface area contributed by atoms with E-state index in [1.54, 1.807) is 13.1 Å². The molecule has 1 amide bonds. The van der Waals surface area contributed by atoms with Gasteiger partial charge in [-0.05, 0) is 37.1 Å². The van der Waals surface area contributed by atoms with Gasteiger partial charge in [-0.2, -0.15) is 0 Å². The number of aromatic nitrogens is 1. The Balaban J connectivity index is 1.83. The SMILES string of the molecule is CC(=O)NC1CCN(c2ccc(N)c3ncccc23)CC1. The number of carbonyl (C=O) groups is 1. The highest BCUT2D eigenvalue weighted by atomic mass is 16.1. The summed E-state index contributed by atoms with van der Waals surface area (Å²) in [5, 5.41) is 4.10. The molecule has 110 valence electrons. The van der Waals surface area contributed by atoms with Crippen molar-refractivity contribution in [1.29, 1.82) is 0 Å². The maximum Gasteiger partial charge on any atom is 0.217 e. The second-order valence-electron chi connectivity index (χ2n) is 5.54. The molecule has 5 heteroatoms. The molecule has 0 radical (unpaired) electrons. The van der Waals surface area contributed by atoms with Crippen molar-refractivity contribution in [2.24, 2.45) is 0 Å². The number of benzene rings is 1. The van der Waals surface area contributed by atoms with Gasteiger partial charge in [-0.25, -0.2) is 0 Å². The quantitative estimate of drug-likeness (QED) is 0.827. The van der Waals surface area contributed by atoms with Gasteiger partial charge in [0, 0.05) is 43.3 Å². The van der Waals surface area contributed by atoms with Gasteiger partial charge < -0.3 is 16.0 Å². The number of amides is 1. The standard InChI is InChI=1S/C16H20N4O/c1-11(21)19-12-6-9-20(10-7-12)15-5-4-14(17)16-13(15)3-2-8-18-16/h2-5,8,12H,6-7,9-10,17H2,1H3,(H,19,21). The highest BCUT2D eigenvalue weighted by molar-refractivity contribution is 5.98. The van der Waals surface area contributed by atoms with Crippen molar-refractivity contribution >= 4 is 28.2 Å². The minimum Gasteiger partial charge on any atom is -0.397 e. The summed E-state index contributed by atoms with van der Waals surface area (Å²) in [6, 6.07) is 8.28. The second kappa shape index (κ2) is 5.60. The zero-order valence-corrected chi connectivity index (χ0v) is 12.2. The zero-order chi connectivity index (χ0) is 14.8. The summed E-state index contributed by atoms with van der Waals surface area (Å²) in [5.74, 6) is 0.0515. The summed E-state index contributed by atoms with van der Waals surface area (Å²) in [5.41, 5.74) is 8.75. The Bertz CT molecular complexity index is 662. The lowest BCUT2D eigenvalue weighted by Gasteiger charge is -2.34. The fourth-order valence-corrected chi connectivity index (χ4v) is 3.01. The molecule has 0 saturated carbocycles. The van der Waals surface area contributed by atoms with Crippen LogP contribution >= 0.6 is 0 Å². The van der Waals surface area contributed by atoms with Gasteiger partial charge in [-0.3, -0.25) is 9.78 Å². The van der Waals surface area contributed by atoms with Crippen LogP contribution in [0.4, 0.5) is 11.4 Å². The fraction of sp³-hybridized carbons (Fsp3) is 0.375. The zero-order valence-electron chi connectivity index (χ0n) is 12.2. The van der Waals surface area contributed by atoms with Gasteiger partial charge in [-0.1, -0.05) is 0 Å². The number of piperidine rings is 1. The molecule has 0 unspecified atom stereocenters. The van der Waals surface area contributed by atoms with Gasteiger partial charge in [0.25, 0.3) is 0 Å². The van der Waals surface area contributed by atoms with Crippen molar-refractivity contribution in [2.75, 3.05) is 23.7 Å². The maximum atomic E-state index is 11.1. The molecule has 3 N–H and O–H groups in total. The first-order valence-electron chi connectivity index (χ1n) is 7.30. The summed E-state index contributed by atoms with van der Waals surface area (Å²) in [4.78, 5) is 17.9. The number of nitrogens with zero attached hydrogens (tertiary/aromatic N) is 2. The summed E-state index contributed by atoms with van der Waals surface area (Å²) >= 11 is 0. The largest absolute Gasteiger partial charge is 0.397 e. The number of hydrogen-bond donors (Lipinski definition) is 2. The Morgan fingerprint density at radius 2 is 2.10 bits per heavy atom. The third-order valence-corrected chi connectivity index (χ3v) is 4.02. The minimum absolute atomic E-state index is 0.0515. The molecule has 1 fully saturated rings. The number of pyridine rings is 1. The molecule has 5 nitrogen and oxygen atoms in total. The summed E-state index contributed by atoms with van der Waals surface area (Å²) in [6.45, 7) is 3.43. The number of carbonyl (C=O) groups excluding carboxylic acids is 1. The number of nitrogens with one attached hydrogen (secondary N) is 1. The van der Waals surface area contributed by atoms with Crippen LogP contribution in [0.3, 0.4) is 0 Å². The summed E-state index contributed by atoms with van der Waals surface area (Å²) in [6.07, 6.45) is 3.70. The Morgan fingerprint density at radius 1 is 1.33 bits per heavy atom. The van der Waals surface area contributed by atoms with Crippen LogP contribution < -0.4 is 16.0 Å². The molecule has 0 aliphatic carbocycles. The first-order valence-corrected chi connectivity index (χ1v) is 7.30. The van der Waals surface area contributed by atoms with Crippen LogP contribution in [-0.2, 0) is 4.79 Å². The predicted molar refractivity (Wildman–Crippen MR) is 85.2 cm³/mol. The number of nitrogen functional groups attached to an aromatic ring is 1. The molecule has 3 rings (SSSR count). The van der Waals surface area contributed by atoms with Crippen LogP contribution in [-0.4, -0.2) is 30.0 Å². The van der Waals surface area contributed by atoms with Crippen molar-refractivity contribution in [1.82, 2.24) is 10.3 Å². The molecule has 1 aliphatic heterocycles. The van der Waals surface area contributed by atoms with Gasteiger partial charge in [0.2, 0.25) is 5.91 Å². The van der Waals surface area contributed by atoms with E-state index in [1.165, 1.54) is 5.69 Å². The fourth-order valence-electron chi connectivity index (χ4n) is 3.01. The molecule has 0 spiro atoms. The van der Waals surface area contributed by atoms with Gasteiger partial charge in [0.15, 0.2) is 0 Å². The van der Waals surface area contributed by atoms with Crippen LogP contribution in [0, 0.1) is 0 Å². The smallest absolute Gasteiger partial charge is 0.217 e. The molecular formula is C16H20N4O. The molecule has 2 heterocycles. The van der Waals surface area contributed by atoms with E-state index >= 15 is 0 Å². The van der Waals surface area contributed by atoms with E-state index in [0.717, 1.165) is 36.8 Å². The molecule has 0 atom stereocenters. The third kappa shape index (κ3) is 2.77. The van der Waals surface area contributed by atoms with E-state index in [2.05, 4.69) is 27.3 Å². The van der Waals surface area contributed by atoms with Gasteiger partial charge in [-0.15, -0.1) is 0 Å². The van der Waals surface area contributed by atoms with Gasteiger partial charge in [0.05, 0.1) is 11.2 Å². The van der Waals surface area contributed by atoms with Crippen LogP contribution in [0.15, 0.2) is 30.5 Å². The lowest BCUT2D eigenvalue weighted by molar-refractivity contribution is -0.119. The number of hydrogen-bond acceptors (Lipinski definition) is 4. The van der Waals surface area contributed by atoms with Crippen molar-refractivity contribution in [3.05, 3.63) is 30.5 Å². The van der Waals surface area contributed by atoms with Crippen LogP contribution in [0.25, 0.3) is 10.9 Å². The highest BCUT2D eigenvalue weighted by Gasteiger charge is 2.21. The van der Waals surface area contributed by atoms with E-state index in [-0.39, 0.29) is 11.9 Å². The molecule has 1 aromatic carbocycles. The maximum absolute atomic E-state index is 11.1. The third-order valence-electron chi connectivity index (χ3n) is 4.02. The van der Waals surface area contributed by atoms with E-state index in [1.807, 2.05) is 12.1 Å². The Hall–Kier alpha value is -2.30. The van der Waals surface area contributed by atoms with Crippen LogP contribution in [0.1, 0.15) is 19.8 Å². The molecule has 1 saturated heterocycles. The molecule has 1 aliphatic rings. The van der Waals surface area contributed by atoms with Crippen LogP contribution in [0.2, 0.25) is 0 Å². The van der Waals surface area contributed by atoms with E-state index in [4.69, 9.17) is 5.73 Å². The van der Waals surface area contributed by atoms with E-state index in [9.17, 15) is 4.79 Å². The Morgan fingerprint density at radius 3 is 2.81 bits per heavy atom. The molecule has 21 heavy (non-hydrogen) atoms. The predicted octanol–water partition coefficient (Wildman–Crippen LogP) is 1.92.